The van der Waals surface area contributed by atoms with Crippen molar-refractivity contribution < 1.29 is 0 Å². The van der Waals surface area contributed by atoms with Gasteiger partial charge in [-0.25, -0.2) is 0 Å². The van der Waals surface area contributed by atoms with Gasteiger partial charge in [0.2, 0.25) is 0 Å². The van der Waals surface area contributed by atoms with E-state index in [-0.39, 0.29) is 0 Å². The molecule has 0 amide bonds. The van der Waals surface area contributed by atoms with Gasteiger partial charge >= 0.3 is 0 Å². The normalized spacial score (nSPS) is 27.3. The number of likely N-dealkylation sites (tertiary alicyclic amines) is 1. The van der Waals surface area contributed by atoms with Crippen molar-refractivity contribution in [3.8, 4) is 0 Å². The molecule has 1 heterocycles. The monoisotopic (exact) mass is 254 g/mol. The highest BCUT2D eigenvalue weighted by atomic mass is 15.2. The summed E-state index contributed by atoms with van der Waals surface area (Å²) >= 11 is 0. The molecule has 1 aliphatic rings. The zero-order chi connectivity index (χ0) is 13.4. The SMILES string of the molecule is CCCCCC(C)NCCN1CC(C)CCC1C. The molecule has 2 heteroatoms. The highest BCUT2D eigenvalue weighted by molar-refractivity contribution is 4.77. The number of piperidine rings is 1. The molecule has 0 aromatic heterocycles. The third-order valence-electron chi connectivity index (χ3n) is 4.38. The fraction of sp³-hybridized carbons (Fsp3) is 1.00. The van der Waals surface area contributed by atoms with Crippen LogP contribution in [0.1, 0.15) is 66.2 Å². The van der Waals surface area contributed by atoms with E-state index in [1.54, 1.807) is 0 Å². The van der Waals surface area contributed by atoms with Crippen LogP contribution in [0.4, 0.5) is 0 Å². The van der Waals surface area contributed by atoms with E-state index >= 15 is 0 Å². The predicted molar refractivity (Wildman–Crippen MR) is 81.0 cm³/mol. The predicted octanol–water partition coefficient (Wildman–Crippen LogP) is 3.67. The smallest absolute Gasteiger partial charge is 0.0110 e. The van der Waals surface area contributed by atoms with Crippen LogP contribution in [0.25, 0.3) is 0 Å². The van der Waals surface area contributed by atoms with Crippen molar-refractivity contribution in [1.29, 1.82) is 0 Å². The Balaban J connectivity index is 2.08. The molecule has 0 spiro atoms. The summed E-state index contributed by atoms with van der Waals surface area (Å²) in [5.41, 5.74) is 0. The van der Waals surface area contributed by atoms with Gasteiger partial charge in [-0.1, -0.05) is 33.1 Å². The second kappa shape index (κ2) is 8.92. The summed E-state index contributed by atoms with van der Waals surface area (Å²) in [5.74, 6) is 0.892. The maximum absolute atomic E-state index is 3.68. The van der Waals surface area contributed by atoms with Crippen LogP contribution in [0.15, 0.2) is 0 Å². The van der Waals surface area contributed by atoms with Crippen LogP contribution in [0, 0.1) is 5.92 Å². The summed E-state index contributed by atoms with van der Waals surface area (Å²) in [4.78, 5) is 2.67. The quantitative estimate of drug-likeness (QED) is 0.665. The number of hydrogen-bond donors (Lipinski definition) is 1. The average molecular weight is 254 g/mol. The van der Waals surface area contributed by atoms with Gasteiger partial charge in [0.25, 0.3) is 0 Å². The van der Waals surface area contributed by atoms with E-state index in [2.05, 4.69) is 37.9 Å². The molecule has 0 aliphatic carbocycles. The highest BCUT2D eigenvalue weighted by Crippen LogP contribution is 2.20. The molecule has 3 unspecified atom stereocenters. The van der Waals surface area contributed by atoms with Gasteiger partial charge in [-0.15, -0.1) is 0 Å². The molecular formula is C16H34N2. The van der Waals surface area contributed by atoms with E-state index in [1.807, 2.05) is 0 Å². The van der Waals surface area contributed by atoms with Crippen LogP contribution in [0.3, 0.4) is 0 Å². The Morgan fingerprint density at radius 2 is 2.00 bits per heavy atom. The van der Waals surface area contributed by atoms with Gasteiger partial charge in [-0.3, -0.25) is 4.90 Å². The van der Waals surface area contributed by atoms with Crippen LogP contribution in [-0.2, 0) is 0 Å². The van der Waals surface area contributed by atoms with Crippen LogP contribution < -0.4 is 5.32 Å². The van der Waals surface area contributed by atoms with Crippen LogP contribution >= 0.6 is 0 Å². The number of hydrogen-bond acceptors (Lipinski definition) is 2. The summed E-state index contributed by atoms with van der Waals surface area (Å²) < 4.78 is 0. The minimum atomic E-state index is 0.689. The minimum absolute atomic E-state index is 0.689. The van der Waals surface area contributed by atoms with Crippen molar-refractivity contribution in [2.45, 2.75) is 78.3 Å². The van der Waals surface area contributed by atoms with Crippen LogP contribution in [-0.4, -0.2) is 36.6 Å². The van der Waals surface area contributed by atoms with Gasteiger partial charge in [0, 0.05) is 31.7 Å². The van der Waals surface area contributed by atoms with Gasteiger partial charge in [-0.2, -0.15) is 0 Å². The minimum Gasteiger partial charge on any atom is -0.313 e. The Bertz CT molecular complexity index is 205. The lowest BCUT2D eigenvalue weighted by atomic mass is 9.95. The van der Waals surface area contributed by atoms with E-state index in [1.165, 1.54) is 51.6 Å². The molecule has 1 saturated heterocycles. The zero-order valence-electron chi connectivity index (χ0n) is 13.0. The summed E-state index contributed by atoms with van der Waals surface area (Å²) in [6.45, 7) is 13.1. The first-order chi connectivity index (χ1) is 8.63. The Hall–Kier alpha value is -0.0800. The Morgan fingerprint density at radius 3 is 2.72 bits per heavy atom. The van der Waals surface area contributed by atoms with Crippen molar-refractivity contribution in [3.05, 3.63) is 0 Å². The van der Waals surface area contributed by atoms with Gasteiger partial charge in [-0.05, 0) is 39.0 Å². The Kier molecular flexibility index (Phi) is 7.92. The molecule has 18 heavy (non-hydrogen) atoms. The lowest BCUT2D eigenvalue weighted by molar-refractivity contribution is 0.125. The highest BCUT2D eigenvalue weighted by Gasteiger charge is 2.22. The molecule has 0 aromatic carbocycles. The summed E-state index contributed by atoms with van der Waals surface area (Å²) in [6.07, 6.45) is 8.22. The number of nitrogens with zero attached hydrogens (tertiary/aromatic N) is 1. The fourth-order valence-corrected chi connectivity index (χ4v) is 2.95. The molecule has 1 N–H and O–H groups in total. The topological polar surface area (TPSA) is 15.3 Å². The standard InChI is InChI=1S/C16H34N2/c1-5-6-7-8-15(3)17-11-12-18-13-14(2)9-10-16(18)4/h14-17H,5-13H2,1-4H3. The third-order valence-corrected chi connectivity index (χ3v) is 4.38. The van der Waals surface area contributed by atoms with E-state index in [0.29, 0.717) is 6.04 Å². The number of unbranched alkanes of at least 4 members (excludes halogenated alkanes) is 2. The third kappa shape index (κ3) is 6.19. The maximum atomic E-state index is 3.68. The second-order valence-electron chi connectivity index (χ2n) is 6.38. The molecule has 3 atom stereocenters. The molecule has 0 saturated carbocycles. The van der Waals surface area contributed by atoms with Crippen molar-refractivity contribution in [1.82, 2.24) is 10.2 Å². The molecule has 2 nitrogen and oxygen atoms in total. The first kappa shape index (κ1) is 16.0. The molecular weight excluding hydrogens is 220 g/mol. The Morgan fingerprint density at radius 1 is 1.22 bits per heavy atom. The first-order valence-corrected chi connectivity index (χ1v) is 8.11. The van der Waals surface area contributed by atoms with Gasteiger partial charge < -0.3 is 5.32 Å². The Labute approximate surface area is 115 Å². The van der Waals surface area contributed by atoms with Gasteiger partial charge in [0.05, 0.1) is 0 Å². The largest absolute Gasteiger partial charge is 0.313 e. The van der Waals surface area contributed by atoms with Gasteiger partial charge in [0.15, 0.2) is 0 Å². The van der Waals surface area contributed by atoms with E-state index < -0.39 is 0 Å². The van der Waals surface area contributed by atoms with E-state index in [4.69, 9.17) is 0 Å². The first-order valence-electron chi connectivity index (χ1n) is 8.11. The second-order valence-corrected chi connectivity index (χ2v) is 6.38. The zero-order valence-corrected chi connectivity index (χ0v) is 13.0. The molecule has 1 rings (SSSR count). The lowest BCUT2D eigenvalue weighted by Crippen LogP contribution is -2.45. The average Bonchev–Trinajstić information content (AvgIpc) is 2.34. The van der Waals surface area contributed by atoms with Crippen molar-refractivity contribution >= 4 is 0 Å². The molecule has 0 bridgehead atoms. The molecule has 0 radical (unpaired) electrons. The van der Waals surface area contributed by atoms with E-state index in [9.17, 15) is 0 Å². The lowest BCUT2D eigenvalue weighted by Gasteiger charge is -2.37. The van der Waals surface area contributed by atoms with E-state index in [0.717, 1.165) is 18.5 Å². The molecule has 1 aliphatic heterocycles. The van der Waals surface area contributed by atoms with Gasteiger partial charge in [0.1, 0.15) is 0 Å². The number of nitrogens with one attached hydrogen (secondary N) is 1. The van der Waals surface area contributed by atoms with Crippen molar-refractivity contribution in [2.75, 3.05) is 19.6 Å². The summed E-state index contributed by atoms with van der Waals surface area (Å²) in [5, 5.41) is 3.68. The maximum Gasteiger partial charge on any atom is 0.0110 e. The molecule has 0 aromatic rings. The van der Waals surface area contributed by atoms with Crippen LogP contribution in [0.2, 0.25) is 0 Å². The summed E-state index contributed by atoms with van der Waals surface area (Å²) in [6, 6.07) is 1.48. The fourth-order valence-electron chi connectivity index (χ4n) is 2.95. The van der Waals surface area contributed by atoms with Crippen molar-refractivity contribution in [2.24, 2.45) is 5.92 Å². The van der Waals surface area contributed by atoms with Crippen LogP contribution in [0.5, 0.6) is 0 Å². The summed E-state index contributed by atoms with van der Waals surface area (Å²) in [7, 11) is 0. The van der Waals surface area contributed by atoms with Crippen molar-refractivity contribution in [3.63, 3.8) is 0 Å². The molecule has 1 fully saturated rings. The number of rotatable bonds is 8. The molecule has 108 valence electrons.